The van der Waals surface area contributed by atoms with E-state index in [0.717, 1.165) is 16.9 Å². The van der Waals surface area contributed by atoms with Gasteiger partial charge in [0.2, 0.25) is 5.75 Å². The Kier molecular flexibility index (Phi) is 10.4. The second-order valence-corrected chi connectivity index (χ2v) is 5.48. The first-order chi connectivity index (χ1) is 12.6. The summed E-state index contributed by atoms with van der Waals surface area (Å²) in [6, 6.07) is 9.37. The van der Waals surface area contributed by atoms with Crippen LogP contribution in [0.5, 0.6) is 28.7 Å². The zero-order chi connectivity index (χ0) is 18.9. The molecule has 0 bridgehead atoms. The number of benzene rings is 2. The summed E-state index contributed by atoms with van der Waals surface area (Å²) in [4.78, 5) is 0. The van der Waals surface area contributed by atoms with Crippen molar-refractivity contribution in [2.45, 2.75) is 27.4 Å². The van der Waals surface area contributed by atoms with Gasteiger partial charge in [0.05, 0.1) is 39.3 Å². The molecule has 0 aliphatic rings. The monoisotopic (exact) mass is 448 g/mol. The van der Waals surface area contributed by atoms with Gasteiger partial charge >= 0.3 is 0 Å². The molecule has 0 unspecified atom stereocenters. The second-order valence-electron chi connectivity index (χ2n) is 5.48. The number of ether oxygens (including phenoxy) is 5. The molecule has 1 radical (unpaired) electrons. The molecule has 2 aromatic rings. The quantitative estimate of drug-likeness (QED) is 0.496. The largest absolute Gasteiger partial charge is 0.546 e. The average Bonchev–Trinajstić information content (AvgIpc) is 2.64. The molecule has 0 saturated carbocycles. The zero-order valence-corrected chi connectivity index (χ0v) is 19.4. The Labute approximate surface area is 187 Å². The van der Waals surface area contributed by atoms with Crippen molar-refractivity contribution in [3.63, 3.8) is 0 Å². The summed E-state index contributed by atoms with van der Waals surface area (Å²) in [5.41, 5.74) is 1.72. The Morgan fingerprint density at radius 1 is 0.778 bits per heavy atom. The van der Waals surface area contributed by atoms with Gasteiger partial charge in [-0.05, 0) is 44.5 Å². The molecule has 27 heavy (non-hydrogen) atoms. The first-order valence-corrected chi connectivity index (χ1v) is 8.80. The van der Waals surface area contributed by atoms with Crippen LogP contribution in [0, 0.1) is 6.92 Å². The van der Waals surface area contributed by atoms with Crippen LogP contribution in [-0.4, -0.2) is 26.9 Å². The number of hydrogen-bond donors (Lipinski definition) is 0. The minimum absolute atomic E-state index is 0. The van der Waals surface area contributed by atoms with Crippen LogP contribution in [0.15, 0.2) is 30.3 Å². The molecule has 0 N–H and O–H groups in total. The van der Waals surface area contributed by atoms with Crippen molar-refractivity contribution < 1.29 is 56.4 Å². The summed E-state index contributed by atoms with van der Waals surface area (Å²) >= 11 is 0. The summed E-state index contributed by atoms with van der Waals surface area (Å²) in [6.07, 6.45) is 0. The van der Waals surface area contributed by atoms with Gasteiger partial charge in [-0.15, -0.1) is 0 Å². The molecular weight excluding hydrogens is 421 g/mol. The Morgan fingerprint density at radius 2 is 1.37 bits per heavy atom. The fourth-order valence-corrected chi connectivity index (χ4v) is 2.48. The van der Waals surface area contributed by atoms with Gasteiger partial charge in [0.15, 0.2) is 11.5 Å². The third kappa shape index (κ3) is 6.51. The van der Waals surface area contributed by atoms with Gasteiger partial charge in [-0.1, -0.05) is 6.07 Å². The standard InChI is InChI=1S/C21H27O5.Y/c1-6-23-19-11-16(12-20(24-7-2)21(19)25-8-3)14-26-18-13-17(22-5)10-9-15(18)4;/h9-13H,4,6-8,14H2,1-3,5H3;/q-1;. The van der Waals surface area contributed by atoms with Crippen molar-refractivity contribution in [1.82, 2.24) is 0 Å². The maximum absolute atomic E-state index is 5.94. The fourth-order valence-electron chi connectivity index (χ4n) is 2.48. The van der Waals surface area contributed by atoms with E-state index in [1.165, 1.54) is 0 Å². The van der Waals surface area contributed by atoms with E-state index in [0.29, 0.717) is 49.4 Å². The molecule has 5 nitrogen and oxygen atoms in total. The van der Waals surface area contributed by atoms with Gasteiger partial charge in [-0.3, -0.25) is 0 Å². The Morgan fingerprint density at radius 3 is 1.89 bits per heavy atom. The molecule has 0 atom stereocenters. The van der Waals surface area contributed by atoms with Crippen molar-refractivity contribution >= 4 is 0 Å². The Hall–Kier alpha value is -1.59. The van der Waals surface area contributed by atoms with Gasteiger partial charge in [-0.2, -0.15) is 18.6 Å². The molecule has 2 rings (SSSR count). The molecule has 0 fully saturated rings. The molecule has 0 aliphatic carbocycles. The van der Waals surface area contributed by atoms with Crippen LogP contribution < -0.4 is 23.7 Å². The van der Waals surface area contributed by atoms with E-state index >= 15 is 0 Å². The number of rotatable bonds is 10. The molecule has 0 heterocycles. The van der Waals surface area contributed by atoms with Gasteiger partial charge in [-0.25, -0.2) is 0 Å². The minimum atomic E-state index is 0. The van der Waals surface area contributed by atoms with Crippen LogP contribution in [0.3, 0.4) is 0 Å². The van der Waals surface area contributed by atoms with E-state index in [1.807, 2.05) is 51.1 Å². The molecule has 6 heteroatoms. The average molecular weight is 448 g/mol. The SMILES string of the molecule is [CH2-]c1ccc(OC)cc1OCc1cc(OCC)c(OCC)c(OCC)c1.[Y]. The summed E-state index contributed by atoms with van der Waals surface area (Å²) in [5, 5.41) is 0. The van der Waals surface area contributed by atoms with E-state index in [4.69, 9.17) is 23.7 Å². The third-order valence-corrected chi connectivity index (χ3v) is 3.64. The summed E-state index contributed by atoms with van der Waals surface area (Å²) in [6.45, 7) is 11.7. The van der Waals surface area contributed by atoms with Crippen molar-refractivity contribution in [1.29, 1.82) is 0 Å². The van der Waals surface area contributed by atoms with Crippen LogP contribution in [0.2, 0.25) is 0 Å². The predicted octanol–water partition coefficient (Wildman–Crippen LogP) is 4.65. The maximum Gasteiger partial charge on any atom is 0.203 e. The first kappa shape index (κ1) is 23.5. The molecule has 0 spiro atoms. The topological polar surface area (TPSA) is 46.2 Å². The van der Waals surface area contributed by atoms with E-state index in [2.05, 4.69) is 6.92 Å². The van der Waals surface area contributed by atoms with E-state index in [1.54, 1.807) is 7.11 Å². The third-order valence-electron chi connectivity index (χ3n) is 3.64. The first-order valence-electron chi connectivity index (χ1n) is 8.80. The predicted molar refractivity (Wildman–Crippen MR) is 102 cm³/mol. The van der Waals surface area contributed by atoms with E-state index < -0.39 is 0 Å². The van der Waals surface area contributed by atoms with Crippen LogP contribution >= 0.6 is 0 Å². The number of hydrogen-bond acceptors (Lipinski definition) is 5. The van der Waals surface area contributed by atoms with Gasteiger partial charge in [0, 0.05) is 38.5 Å². The zero-order valence-electron chi connectivity index (χ0n) is 16.5. The summed E-state index contributed by atoms with van der Waals surface area (Å²) in [5.74, 6) is 3.33. The molecule has 145 valence electrons. The Balaban J connectivity index is 0.00000364. The molecule has 0 saturated heterocycles. The van der Waals surface area contributed by atoms with Crippen LogP contribution in [0.25, 0.3) is 0 Å². The van der Waals surface area contributed by atoms with Crippen LogP contribution in [0.4, 0.5) is 0 Å². The normalized spacial score (nSPS) is 9.93. The minimum Gasteiger partial charge on any atom is -0.546 e. The molecular formula is C21H27O5Y-. The smallest absolute Gasteiger partial charge is 0.203 e. The van der Waals surface area contributed by atoms with Gasteiger partial charge < -0.3 is 23.7 Å². The second kappa shape index (κ2) is 12.0. The van der Waals surface area contributed by atoms with Crippen molar-refractivity contribution in [2.24, 2.45) is 0 Å². The number of methoxy groups -OCH3 is 1. The Bertz CT molecular complexity index is 691. The van der Waals surface area contributed by atoms with Crippen LogP contribution in [-0.2, 0) is 39.3 Å². The molecule has 2 aromatic carbocycles. The van der Waals surface area contributed by atoms with Crippen LogP contribution in [0.1, 0.15) is 31.9 Å². The summed E-state index contributed by atoms with van der Waals surface area (Å²) in [7, 11) is 1.62. The van der Waals surface area contributed by atoms with Crippen molar-refractivity contribution in [3.8, 4) is 28.7 Å². The van der Waals surface area contributed by atoms with Crippen molar-refractivity contribution in [2.75, 3.05) is 26.9 Å². The van der Waals surface area contributed by atoms with E-state index in [-0.39, 0.29) is 32.7 Å². The maximum atomic E-state index is 5.94. The molecule has 0 aromatic heterocycles. The van der Waals surface area contributed by atoms with Gasteiger partial charge in [0.25, 0.3) is 0 Å². The fraction of sp³-hybridized carbons (Fsp3) is 0.381. The van der Waals surface area contributed by atoms with E-state index in [9.17, 15) is 0 Å². The molecule has 0 amide bonds. The van der Waals surface area contributed by atoms with Gasteiger partial charge in [0.1, 0.15) is 0 Å². The summed E-state index contributed by atoms with van der Waals surface area (Å²) < 4.78 is 28.4. The molecule has 0 aliphatic heterocycles. The van der Waals surface area contributed by atoms with Crippen molar-refractivity contribution in [3.05, 3.63) is 48.4 Å².